The number of hydrogen-bond donors (Lipinski definition) is 0. The monoisotopic (exact) mass is 313 g/mol. The fourth-order valence-corrected chi connectivity index (χ4v) is 2.21. The van der Waals surface area contributed by atoms with Crippen molar-refractivity contribution in [2.45, 2.75) is 39.5 Å². The zero-order valence-electron chi connectivity index (χ0n) is 12.3. The molecule has 0 bridgehead atoms. The van der Waals surface area contributed by atoms with Gasteiger partial charge in [-0.25, -0.2) is 4.79 Å². The van der Waals surface area contributed by atoms with Crippen LogP contribution in [0.15, 0.2) is 18.2 Å². The Morgan fingerprint density at radius 1 is 1.43 bits per heavy atom. The highest BCUT2D eigenvalue weighted by Crippen LogP contribution is 2.25. The molecule has 0 aliphatic heterocycles. The first-order valence-corrected chi connectivity index (χ1v) is 7.48. The average Bonchev–Trinajstić information content (AvgIpc) is 2.46. The molecular weight excluding hydrogens is 294 g/mol. The summed E-state index contributed by atoms with van der Waals surface area (Å²) in [4.78, 5) is 22.0. The number of carbonyl (C=O) groups excluding carboxylic acids is 1. The van der Waals surface area contributed by atoms with Crippen molar-refractivity contribution in [2.24, 2.45) is 5.92 Å². The first-order chi connectivity index (χ1) is 9.99. The number of nitro groups is 1. The number of halogens is 1. The molecule has 0 aliphatic rings. The summed E-state index contributed by atoms with van der Waals surface area (Å²) in [5.74, 6) is -0.149. The van der Waals surface area contributed by atoms with Gasteiger partial charge in [-0.05, 0) is 24.5 Å². The quantitative estimate of drug-likeness (QED) is 0.399. The number of nitro benzene ring substituents is 1. The first-order valence-electron chi connectivity index (χ1n) is 7.10. The molecule has 1 rings (SSSR count). The van der Waals surface area contributed by atoms with Gasteiger partial charge in [0.1, 0.15) is 5.02 Å². The lowest BCUT2D eigenvalue weighted by molar-refractivity contribution is -0.384. The maximum absolute atomic E-state index is 11.9. The fourth-order valence-electron chi connectivity index (χ4n) is 1.96. The van der Waals surface area contributed by atoms with Crippen LogP contribution in [0.5, 0.6) is 0 Å². The second-order valence-corrected chi connectivity index (χ2v) is 5.35. The molecule has 6 heteroatoms. The van der Waals surface area contributed by atoms with Crippen molar-refractivity contribution in [3.05, 3.63) is 38.9 Å². The van der Waals surface area contributed by atoms with Crippen molar-refractivity contribution in [1.82, 2.24) is 0 Å². The summed E-state index contributed by atoms with van der Waals surface area (Å²) >= 11 is 5.78. The molecule has 1 atom stereocenters. The van der Waals surface area contributed by atoms with E-state index in [0.717, 1.165) is 25.7 Å². The van der Waals surface area contributed by atoms with Crippen LogP contribution in [0.2, 0.25) is 5.02 Å². The van der Waals surface area contributed by atoms with Gasteiger partial charge < -0.3 is 4.74 Å². The van der Waals surface area contributed by atoms with Gasteiger partial charge >= 0.3 is 5.97 Å². The van der Waals surface area contributed by atoms with Gasteiger partial charge in [-0.2, -0.15) is 0 Å². The zero-order chi connectivity index (χ0) is 15.8. The first kappa shape index (κ1) is 17.4. The predicted molar refractivity (Wildman–Crippen MR) is 81.7 cm³/mol. The minimum Gasteiger partial charge on any atom is -0.462 e. The zero-order valence-corrected chi connectivity index (χ0v) is 13.1. The molecule has 0 amide bonds. The van der Waals surface area contributed by atoms with Crippen molar-refractivity contribution < 1.29 is 14.5 Å². The van der Waals surface area contributed by atoms with Crippen LogP contribution in [-0.2, 0) is 4.74 Å². The maximum Gasteiger partial charge on any atom is 0.338 e. The third-order valence-electron chi connectivity index (χ3n) is 3.37. The molecular formula is C15H20ClNO4. The van der Waals surface area contributed by atoms with E-state index in [2.05, 4.69) is 13.8 Å². The van der Waals surface area contributed by atoms with E-state index in [9.17, 15) is 14.9 Å². The van der Waals surface area contributed by atoms with E-state index >= 15 is 0 Å². The highest BCUT2D eigenvalue weighted by molar-refractivity contribution is 6.33. The number of carbonyl (C=O) groups is 1. The summed E-state index contributed by atoms with van der Waals surface area (Å²) in [5, 5.41) is 10.6. The Labute approximate surface area is 129 Å². The number of nitrogens with zero attached hydrogens (tertiary/aromatic N) is 1. The Balaban J connectivity index is 2.63. The summed E-state index contributed by atoms with van der Waals surface area (Å²) in [5.41, 5.74) is 0.0125. The number of hydrogen-bond acceptors (Lipinski definition) is 4. The van der Waals surface area contributed by atoms with Crippen LogP contribution in [-0.4, -0.2) is 17.5 Å². The van der Waals surface area contributed by atoms with Gasteiger partial charge in [0.25, 0.3) is 5.69 Å². The molecule has 0 saturated heterocycles. The lowest BCUT2D eigenvalue weighted by Gasteiger charge is -2.14. The second-order valence-electron chi connectivity index (χ2n) is 4.94. The Morgan fingerprint density at radius 3 is 2.67 bits per heavy atom. The Kier molecular flexibility index (Phi) is 7.15. The normalized spacial score (nSPS) is 12.0. The predicted octanol–water partition coefficient (Wildman–Crippen LogP) is 4.62. The topological polar surface area (TPSA) is 69.4 Å². The van der Waals surface area contributed by atoms with Gasteiger partial charge in [-0.3, -0.25) is 10.1 Å². The van der Waals surface area contributed by atoms with Gasteiger partial charge in [0.2, 0.25) is 0 Å². The molecule has 21 heavy (non-hydrogen) atoms. The molecule has 1 aromatic rings. The fraction of sp³-hybridized carbons (Fsp3) is 0.533. The summed E-state index contributed by atoms with van der Waals surface area (Å²) in [6.07, 6.45) is 4.21. The number of rotatable bonds is 8. The van der Waals surface area contributed by atoms with E-state index in [4.69, 9.17) is 16.3 Å². The SMILES string of the molecule is CCCCC(CC)COC(=O)c1ccc([N+](=O)[O-])c(Cl)c1. The van der Waals surface area contributed by atoms with E-state index < -0.39 is 10.9 Å². The maximum atomic E-state index is 11.9. The molecule has 0 fully saturated rings. The Bertz CT molecular complexity index is 504. The molecule has 0 heterocycles. The highest BCUT2D eigenvalue weighted by Gasteiger charge is 2.17. The van der Waals surface area contributed by atoms with E-state index in [1.165, 1.54) is 18.2 Å². The second kappa shape index (κ2) is 8.62. The van der Waals surface area contributed by atoms with Gasteiger partial charge in [0.05, 0.1) is 17.1 Å². The number of ether oxygens (including phenoxy) is 1. The minimum atomic E-state index is -0.588. The molecule has 1 unspecified atom stereocenters. The highest BCUT2D eigenvalue weighted by atomic mass is 35.5. The van der Waals surface area contributed by atoms with Crippen LogP contribution in [0.3, 0.4) is 0 Å². The molecule has 0 N–H and O–H groups in total. The molecule has 0 saturated carbocycles. The molecule has 0 aliphatic carbocycles. The molecule has 0 aromatic heterocycles. The van der Waals surface area contributed by atoms with Crippen LogP contribution in [0.1, 0.15) is 49.9 Å². The molecule has 0 radical (unpaired) electrons. The summed E-state index contributed by atoms with van der Waals surface area (Å²) in [7, 11) is 0. The van der Waals surface area contributed by atoms with Gasteiger partial charge in [0, 0.05) is 6.07 Å². The van der Waals surface area contributed by atoms with Crippen molar-refractivity contribution in [3.63, 3.8) is 0 Å². The minimum absolute atomic E-state index is 0.0625. The smallest absolute Gasteiger partial charge is 0.338 e. The van der Waals surface area contributed by atoms with Crippen molar-refractivity contribution in [2.75, 3.05) is 6.61 Å². The van der Waals surface area contributed by atoms with Crippen molar-refractivity contribution in [1.29, 1.82) is 0 Å². The van der Waals surface area contributed by atoms with Crippen LogP contribution >= 0.6 is 11.6 Å². The summed E-state index contributed by atoms with van der Waals surface area (Å²) < 4.78 is 5.27. The molecule has 116 valence electrons. The van der Waals surface area contributed by atoms with Gasteiger partial charge in [0.15, 0.2) is 0 Å². The van der Waals surface area contributed by atoms with Crippen LogP contribution in [0, 0.1) is 16.0 Å². The summed E-state index contributed by atoms with van der Waals surface area (Å²) in [6, 6.07) is 3.85. The van der Waals surface area contributed by atoms with E-state index in [-0.39, 0.29) is 16.3 Å². The third kappa shape index (κ3) is 5.34. The van der Waals surface area contributed by atoms with E-state index in [1.807, 2.05) is 0 Å². The Hall–Kier alpha value is -1.62. The largest absolute Gasteiger partial charge is 0.462 e. The molecule has 1 aromatic carbocycles. The summed E-state index contributed by atoms with van der Waals surface area (Å²) in [6.45, 7) is 4.55. The average molecular weight is 314 g/mol. The van der Waals surface area contributed by atoms with Crippen molar-refractivity contribution in [3.8, 4) is 0 Å². The third-order valence-corrected chi connectivity index (χ3v) is 3.68. The number of esters is 1. The van der Waals surface area contributed by atoms with Crippen LogP contribution < -0.4 is 0 Å². The number of benzene rings is 1. The number of unbranched alkanes of at least 4 members (excludes halogenated alkanes) is 1. The van der Waals surface area contributed by atoms with Crippen LogP contribution in [0.25, 0.3) is 0 Å². The lowest BCUT2D eigenvalue weighted by atomic mass is 10.0. The van der Waals surface area contributed by atoms with Crippen molar-refractivity contribution >= 4 is 23.3 Å². The van der Waals surface area contributed by atoms with Gasteiger partial charge in [-0.15, -0.1) is 0 Å². The molecule has 5 nitrogen and oxygen atoms in total. The van der Waals surface area contributed by atoms with Gasteiger partial charge in [-0.1, -0.05) is 44.7 Å². The lowest BCUT2D eigenvalue weighted by Crippen LogP contribution is -2.14. The van der Waals surface area contributed by atoms with Crippen LogP contribution in [0.4, 0.5) is 5.69 Å². The Morgan fingerprint density at radius 2 is 2.14 bits per heavy atom. The standard InChI is InChI=1S/C15H20ClNO4/c1-3-5-6-11(4-2)10-21-15(18)12-7-8-14(17(19)20)13(16)9-12/h7-9,11H,3-6,10H2,1-2H3. The molecule has 0 spiro atoms. The van der Waals surface area contributed by atoms with E-state index in [1.54, 1.807) is 0 Å². The van der Waals surface area contributed by atoms with E-state index in [0.29, 0.717) is 12.5 Å².